The van der Waals surface area contributed by atoms with Crippen molar-refractivity contribution >= 4 is 23.2 Å². The number of benzene rings is 2. The Morgan fingerprint density at radius 1 is 1.06 bits per heavy atom. The van der Waals surface area contributed by atoms with Crippen molar-refractivity contribution in [3.8, 4) is 17.6 Å². The molecule has 0 saturated heterocycles. The Hall–Kier alpha value is -1.76. The monoisotopic (exact) mass is 281 g/mol. The molecule has 0 aliphatic rings. The van der Waals surface area contributed by atoms with Crippen LogP contribution in [0.25, 0.3) is 0 Å². The SMILES string of the molecule is N#Cc1cc(F)ccc1Oc1cc(Cl)ccc1Cl. The molecule has 0 heterocycles. The predicted octanol–water partition coefficient (Wildman–Crippen LogP) is 4.80. The summed E-state index contributed by atoms with van der Waals surface area (Å²) in [4.78, 5) is 0. The quantitative estimate of drug-likeness (QED) is 0.792. The van der Waals surface area contributed by atoms with E-state index >= 15 is 0 Å². The van der Waals surface area contributed by atoms with Gasteiger partial charge in [-0.2, -0.15) is 5.26 Å². The second-order valence-electron chi connectivity index (χ2n) is 3.43. The van der Waals surface area contributed by atoms with E-state index in [4.69, 9.17) is 33.2 Å². The van der Waals surface area contributed by atoms with Crippen molar-refractivity contribution in [2.45, 2.75) is 0 Å². The summed E-state index contributed by atoms with van der Waals surface area (Å²) in [6.07, 6.45) is 0. The second kappa shape index (κ2) is 5.26. The summed E-state index contributed by atoms with van der Waals surface area (Å²) >= 11 is 11.8. The van der Waals surface area contributed by atoms with Crippen molar-refractivity contribution in [2.24, 2.45) is 0 Å². The summed E-state index contributed by atoms with van der Waals surface area (Å²) in [5.74, 6) is 0.0337. The van der Waals surface area contributed by atoms with E-state index in [1.165, 1.54) is 18.2 Å². The fraction of sp³-hybridized carbons (Fsp3) is 0. The zero-order valence-corrected chi connectivity index (χ0v) is 10.5. The van der Waals surface area contributed by atoms with E-state index < -0.39 is 5.82 Å². The maximum absolute atomic E-state index is 13.0. The molecule has 0 N–H and O–H groups in total. The smallest absolute Gasteiger partial charge is 0.147 e. The van der Waals surface area contributed by atoms with Crippen molar-refractivity contribution in [3.05, 3.63) is 57.8 Å². The van der Waals surface area contributed by atoms with Gasteiger partial charge in [0, 0.05) is 11.1 Å². The van der Waals surface area contributed by atoms with E-state index in [0.717, 1.165) is 6.07 Å². The molecule has 2 aromatic carbocycles. The molecular formula is C13H6Cl2FNO. The lowest BCUT2D eigenvalue weighted by Gasteiger charge is -2.09. The first-order valence-electron chi connectivity index (χ1n) is 4.92. The van der Waals surface area contributed by atoms with Crippen LogP contribution in [0.2, 0.25) is 10.0 Å². The lowest BCUT2D eigenvalue weighted by Crippen LogP contribution is -1.90. The van der Waals surface area contributed by atoms with Gasteiger partial charge in [0.25, 0.3) is 0 Å². The summed E-state index contributed by atoms with van der Waals surface area (Å²) in [5.41, 5.74) is 0.0889. The van der Waals surface area contributed by atoms with Gasteiger partial charge in [0.15, 0.2) is 0 Å². The van der Waals surface area contributed by atoms with Crippen LogP contribution < -0.4 is 4.74 Å². The highest BCUT2D eigenvalue weighted by molar-refractivity contribution is 6.34. The number of ether oxygens (including phenoxy) is 1. The molecule has 0 aliphatic carbocycles. The van der Waals surface area contributed by atoms with Crippen LogP contribution in [0.15, 0.2) is 36.4 Å². The topological polar surface area (TPSA) is 33.0 Å². The Kier molecular flexibility index (Phi) is 3.71. The molecule has 0 amide bonds. The van der Waals surface area contributed by atoms with Gasteiger partial charge in [0.2, 0.25) is 0 Å². The number of nitrogens with zero attached hydrogens (tertiary/aromatic N) is 1. The van der Waals surface area contributed by atoms with Gasteiger partial charge in [-0.15, -0.1) is 0 Å². The van der Waals surface area contributed by atoms with E-state index in [0.29, 0.717) is 15.8 Å². The van der Waals surface area contributed by atoms with Crippen LogP contribution in [0.5, 0.6) is 11.5 Å². The lowest BCUT2D eigenvalue weighted by molar-refractivity contribution is 0.479. The van der Waals surface area contributed by atoms with Crippen LogP contribution in [-0.4, -0.2) is 0 Å². The highest BCUT2D eigenvalue weighted by Crippen LogP contribution is 2.33. The first kappa shape index (κ1) is 12.7. The molecular weight excluding hydrogens is 276 g/mol. The summed E-state index contributed by atoms with van der Waals surface area (Å²) in [5, 5.41) is 9.70. The minimum absolute atomic E-state index is 0.0889. The number of hydrogen-bond acceptors (Lipinski definition) is 2. The summed E-state index contributed by atoms with van der Waals surface area (Å²) in [6, 6.07) is 10.2. The number of rotatable bonds is 2. The average molecular weight is 282 g/mol. The largest absolute Gasteiger partial charge is 0.454 e. The molecule has 2 rings (SSSR count). The zero-order chi connectivity index (χ0) is 13.1. The summed E-state index contributed by atoms with van der Waals surface area (Å²) in [7, 11) is 0. The maximum atomic E-state index is 13.0. The van der Waals surface area contributed by atoms with E-state index in [9.17, 15) is 4.39 Å². The van der Waals surface area contributed by atoms with E-state index in [2.05, 4.69) is 0 Å². The Morgan fingerprint density at radius 3 is 2.56 bits per heavy atom. The fourth-order valence-electron chi connectivity index (χ4n) is 1.35. The summed E-state index contributed by atoms with van der Waals surface area (Å²) in [6.45, 7) is 0. The van der Waals surface area contributed by atoms with Crippen LogP contribution >= 0.6 is 23.2 Å². The third-order valence-corrected chi connectivity index (χ3v) is 2.72. The van der Waals surface area contributed by atoms with Gasteiger partial charge in [-0.3, -0.25) is 0 Å². The van der Waals surface area contributed by atoms with Crippen LogP contribution in [0.4, 0.5) is 4.39 Å². The number of hydrogen-bond donors (Lipinski definition) is 0. The third kappa shape index (κ3) is 2.73. The molecule has 0 fully saturated rings. The molecule has 0 bridgehead atoms. The average Bonchev–Trinajstić information content (AvgIpc) is 2.36. The van der Waals surface area contributed by atoms with Gasteiger partial charge in [0.05, 0.1) is 10.6 Å². The van der Waals surface area contributed by atoms with Crippen LogP contribution in [0.3, 0.4) is 0 Å². The van der Waals surface area contributed by atoms with Crippen LogP contribution in [-0.2, 0) is 0 Å². The van der Waals surface area contributed by atoms with E-state index in [1.54, 1.807) is 12.1 Å². The Bertz CT molecular complexity index is 637. The van der Waals surface area contributed by atoms with Gasteiger partial charge in [-0.25, -0.2) is 4.39 Å². The molecule has 0 unspecified atom stereocenters. The molecule has 18 heavy (non-hydrogen) atoms. The molecule has 90 valence electrons. The van der Waals surface area contributed by atoms with Crippen molar-refractivity contribution < 1.29 is 9.13 Å². The molecule has 0 radical (unpaired) electrons. The minimum Gasteiger partial charge on any atom is -0.454 e. The van der Waals surface area contributed by atoms with Crippen molar-refractivity contribution in [1.82, 2.24) is 0 Å². The predicted molar refractivity (Wildman–Crippen MR) is 67.7 cm³/mol. The van der Waals surface area contributed by atoms with Gasteiger partial charge < -0.3 is 4.74 Å². The lowest BCUT2D eigenvalue weighted by atomic mass is 10.2. The van der Waals surface area contributed by atoms with Crippen molar-refractivity contribution in [3.63, 3.8) is 0 Å². The van der Waals surface area contributed by atoms with Gasteiger partial charge in [0.1, 0.15) is 23.4 Å². The minimum atomic E-state index is -0.504. The first-order chi connectivity index (χ1) is 8.60. The molecule has 0 spiro atoms. The number of halogens is 3. The normalized spacial score (nSPS) is 9.89. The highest BCUT2D eigenvalue weighted by atomic mass is 35.5. The van der Waals surface area contributed by atoms with Crippen molar-refractivity contribution in [1.29, 1.82) is 5.26 Å². The molecule has 0 saturated carbocycles. The molecule has 2 aromatic rings. The van der Waals surface area contributed by atoms with Gasteiger partial charge >= 0.3 is 0 Å². The molecule has 0 aliphatic heterocycles. The molecule has 0 aromatic heterocycles. The van der Waals surface area contributed by atoms with E-state index in [1.807, 2.05) is 6.07 Å². The second-order valence-corrected chi connectivity index (χ2v) is 4.27. The zero-order valence-electron chi connectivity index (χ0n) is 8.95. The standard InChI is InChI=1S/C13H6Cl2FNO/c14-9-1-3-11(15)13(6-9)18-12-4-2-10(16)5-8(12)7-17/h1-6H. The Morgan fingerprint density at radius 2 is 1.83 bits per heavy atom. The molecule has 0 atom stereocenters. The number of nitriles is 1. The van der Waals surface area contributed by atoms with E-state index in [-0.39, 0.29) is 11.3 Å². The third-order valence-electron chi connectivity index (χ3n) is 2.18. The molecule has 5 heteroatoms. The summed E-state index contributed by atoms with van der Waals surface area (Å²) < 4.78 is 18.4. The highest BCUT2D eigenvalue weighted by Gasteiger charge is 2.09. The molecule has 2 nitrogen and oxygen atoms in total. The van der Waals surface area contributed by atoms with Crippen LogP contribution in [0.1, 0.15) is 5.56 Å². The van der Waals surface area contributed by atoms with Gasteiger partial charge in [-0.1, -0.05) is 23.2 Å². The Labute approximate surface area is 113 Å². The van der Waals surface area contributed by atoms with Crippen molar-refractivity contribution in [2.75, 3.05) is 0 Å². The fourth-order valence-corrected chi connectivity index (χ4v) is 1.67. The first-order valence-corrected chi connectivity index (χ1v) is 5.68. The maximum Gasteiger partial charge on any atom is 0.147 e. The van der Waals surface area contributed by atoms with Gasteiger partial charge in [-0.05, 0) is 30.3 Å². The van der Waals surface area contributed by atoms with Crippen LogP contribution in [0, 0.1) is 17.1 Å². The Balaban J connectivity index is 2.40.